The van der Waals surface area contributed by atoms with Crippen molar-refractivity contribution in [2.75, 3.05) is 13.7 Å². The van der Waals surface area contributed by atoms with Crippen molar-refractivity contribution >= 4 is 0 Å². The molecule has 1 unspecified atom stereocenters. The Bertz CT molecular complexity index is 919. The van der Waals surface area contributed by atoms with Gasteiger partial charge in [-0.25, -0.2) is 0 Å². The first-order valence-electron chi connectivity index (χ1n) is 9.98. The lowest BCUT2D eigenvalue weighted by molar-refractivity contribution is 0.283. The standard InChI is InChI=1S/C25H27NO2/c1-3-18-9-11-20(12-10-18)25-22-16-24(28-17-19-7-5-4-6-8-19)23(27-2)15-21(22)13-14-26-25/h4-12,15-16,25-26H,3,13-14,17H2,1-2H3. The lowest BCUT2D eigenvalue weighted by Gasteiger charge is -2.29. The van der Waals surface area contributed by atoms with E-state index in [1.165, 1.54) is 22.3 Å². The van der Waals surface area contributed by atoms with Crippen LogP contribution in [0.4, 0.5) is 0 Å². The molecule has 0 radical (unpaired) electrons. The summed E-state index contributed by atoms with van der Waals surface area (Å²) in [5.74, 6) is 1.60. The molecule has 3 aromatic rings. The summed E-state index contributed by atoms with van der Waals surface area (Å²) < 4.78 is 11.8. The second-order valence-electron chi connectivity index (χ2n) is 7.21. The highest BCUT2D eigenvalue weighted by Crippen LogP contribution is 2.38. The molecule has 144 valence electrons. The van der Waals surface area contributed by atoms with Gasteiger partial charge in [-0.1, -0.05) is 61.5 Å². The van der Waals surface area contributed by atoms with Crippen molar-refractivity contribution in [2.45, 2.75) is 32.4 Å². The third-order valence-electron chi connectivity index (χ3n) is 5.44. The number of ether oxygens (including phenoxy) is 2. The Hall–Kier alpha value is -2.78. The molecule has 1 heterocycles. The third kappa shape index (κ3) is 3.90. The normalized spacial score (nSPS) is 15.7. The first-order chi connectivity index (χ1) is 13.8. The molecule has 0 saturated carbocycles. The molecule has 0 amide bonds. The van der Waals surface area contributed by atoms with Crippen LogP contribution in [0.15, 0.2) is 66.7 Å². The number of aryl methyl sites for hydroxylation is 1. The molecule has 28 heavy (non-hydrogen) atoms. The number of benzene rings is 3. The molecule has 3 nitrogen and oxygen atoms in total. The van der Waals surface area contributed by atoms with E-state index in [-0.39, 0.29) is 6.04 Å². The lowest BCUT2D eigenvalue weighted by Crippen LogP contribution is -2.30. The Morgan fingerprint density at radius 1 is 0.929 bits per heavy atom. The second kappa shape index (κ2) is 8.49. The van der Waals surface area contributed by atoms with Gasteiger partial charge in [0.15, 0.2) is 11.5 Å². The zero-order valence-corrected chi connectivity index (χ0v) is 16.6. The molecule has 0 aromatic heterocycles. The van der Waals surface area contributed by atoms with Crippen molar-refractivity contribution in [3.63, 3.8) is 0 Å². The highest BCUT2D eigenvalue weighted by atomic mass is 16.5. The monoisotopic (exact) mass is 373 g/mol. The Labute approximate surface area is 167 Å². The van der Waals surface area contributed by atoms with Gasteiger partial charge in [0.25, 0.3) is 0 Å². The Morgan fingerprint density at radius 2 is 1.71 bits per heavy atom. The quantitative estimate of drug-likeness (QED) is 0.654. The summed E-state index contributed by atoms with van der Waals surface area (Å²) in [4.78, 5) is 0. The van der Waals surface area contributed by atoms with E-state index in [1.54, 1.807) is 7.11 Å². The van der Waals surface area contributed by atoms with Gasteiger partial charge >= 0.3 is 0 Å². The van der Waals surface area contributed by atoms with Crippen molar-refractivity contribution in [1.29, 1.82) is 0 Å². The summed E-state index contributed by atoms with van der Waals surface area (Å²) in [7, 11) is 1.71. The number of hydrogen-bond donors (Lipinski definition) is 1. The maximum atomic E-state index is 6.15. The average Bonchev–Trinajstić information content (AvgIpc) is 2.77. The smallest absolute Gasteiger partial charge is 0.162 e. The van der Waals surface area contributed by atoms with Crippen LogP contribution in [-0.4, -0.2) is 13.7 Å². The van der Waals surface area contributed by atoms with Crippen LogP contribution < -0.4 is 14.8 Å². The average molecular weight is 373 g/mol. The van der Waals surface area contributed by atoms with Crippen LogP contribution in [0.25, 0.3) is 0 Å². The minimum absolute atomic E-state index is 0.180. The maximum Gasteiger partial charge on any atom is 0.162 e. The summed E-state index contributed by atoms with van der Waals surface area (Å²) >= 11 is 0. The largest absolute Gasteiger partial charge is 0.493 e. The molecular weight excluding hydrogens is 346 g/mol. The fourth-order valence-corrected chi connectivity index (χ4v) is 3.81. The number of fused-ring (bicyclic) bond motifs is 1. The van der Waals surface area contributed by atoms with Crippen LogP contribution in [0.1, 0.15) is 40.8 Å². The van der Waals surface area contributed by atoms with E-state index in [1.807, 2.05) is 18.2 Å². The summed E-state index contributed by atoms with van der Waals surface area (Å²) in [6.45, 7) is 3.67. The fourth-order valence-electron chi connectivity index (χ4n) is 3.81. The Balaban J connectivity index is 1.65. The minimum Gasteiger partial charge on any atom is -0.493 e. The van der Waals surface area contributed by atoms with E-state index >= 15 is 0 Å². The third-order valence-corrected chi connectivity index (χ3v) is 5.44. The first-order valence-corrected chi connectivity index (χ1v) is 9.98. The topological polar surface area (TPSA) is 30.5 Å². The molecular formula is C25H27NO2. The van der Waals surface area contributed by atoms with Crippen LogP contribution in [0.3, 0.4) is 0 Å². The molecule has 0 aliphatic carbocycles. The highest BCUT2D eigenvalue weighted by Gasteiger charge is 2.24. The Morgan fingerprint density at radius 3 is 2.43 bits per heavy atom. The Kier molecular flexibility index (Phi) is 5.63. The van der Waals surface area contributed by atoms with E-state index < -0.39 is 0 Å². The van der Waals surface area contributed by atoms with E-state index in [0.29, 0.717) is 6.61 Å². The van der Waals surface area contributed by atoms with Gasteiger partial charge in [-0.05, 0) is 52.8 Å². The molecule has 0 saturated heterocycles. The summed E-state index contributed by atoms with van der Waals surface area (Å²) in [5, 5.41) is 3.67. The molecule has 0 bridgehead atoms. The number of hydrogen-bond acceptors (Lipinski definition) is 3. The van der Waals surface area contributed by atoms with Gasteiger partial charge < -0.3 is 14.8 Å². The minimum atomic E-state index is 0.180. The van der Waals surface area contributed by atoms with Gasteiger partial charge in [-0.3, -0.25) is 0 Å². The molecule has 3 aromatic carbocycles. The van der Waals surface area contributed by atoms with Gasteiger partial charge in [-0.2, -0.15) is 0 Å². The summed E-state index contributed by atoms with van der Waals surface area (Å²) in [5.41, 5.74) is 6.40. The SMILES string of the molecule is CCc1ccc(C2NCCc3cc(OC)c(OCc4ccccc4)cc32)cc1. The number of nitrogens with one attached hydrogen (secondary N) is 1. The predicted molar refractivity (Wildman–Crippen MR) is 113 cm³/mol. The molecule has 4 rings (SSSR count). The second-order valence-corrected chi connectivity index (χ2v) is 7.21. The van der Waals surface area contributed by atoms with Crippen molar-refractivity contribution in [3.8, 4) is 11.5 Å². The molecule has 1 N–H and O–H groups in total. The van der Waals surface area contributed by atoms with Crippen molar-refractivity contribution < 1.29 is 9.47 Å². The lowest BCUT2D eigenvalue weighted by atomic mass is 9.89. The van der Waals surface area contributed by atoms with Gasteiger partial charge in [0.05, 0.1) is 13.2 Å². The van der Waals surface area contributed by atoms with E-state index in [0.717, 1.165) is 36.4 Å². The summed E-state index contributed by atoms with van der Waals surface area (Å²) in [6, 6.07) is 23.6. The molecule has 0 spiro atoms. The van der Waals surface area contributed by atoms with E-state index in [2.05, 4.69) is 60.8 Å². The molecule has 1 aliphatic rings. The van der Waals surface area contributed by atoms with E-state index in [9.17, 15) is 0 Å². The first kappa shape index (κ1) is 18.6. The van der Waals surface area contributed by atoms with E-state index in [4.69, 9.17) is 9.47 Å². The predicted octanol–water partition coefficient (Wildman–Crippen LogP) is 5.07. The van der Waals surface area contributed by atoms with Crippen LogP contribution in [0.2, 0.25) is 0 Å². The highest BCUT2D eigenvalue weighted by molar-refractivity contribution is 5.51. The molecule has 0 fully saturated rings. The maximum absolute atomic E-state index is 6.15. The molecule has 1 atom stereocenters. The van der Waals surface area contributed by atoms with Crippen molar-refractivity contribution in [3.05, 3.63) is 94.5 Å². The summed E-state index contributed by atoms with van der Waals surface area (Å²) in [6.07, 6.45) is 2.05. The van der Waals surface area contributed by atoms with Crippen LogP contribution in [0.5, 0.6) is 11.5 Å². The molecule has 1 aliphatic heterocycles. The van der Waals surface area contributed by atoms with Gasteiger partial charge in [0.2, 0.25) is 0 Å². The fraction of sp³-hybridized carbons (Fsp3) is 0.280. The van der Waals surface area contributed by atoms with Gasteiger partial charge in [-0.15, -0.1) is 0 Å². The van der Waals surface area contributed by atoms with Gasteiger partial charge in [0, 0.05) is 6.54 Å². The number of rotatable bonds is 6. The molecule has 3 heteroatoms. The van der Waals surface area contributed by atoms with Gasteiger partial charge in [0.1, 0.15) is 6.61 Å². The van der Waals surface area contributed by atoms with Crippen LogP contribution >= 0.6 is 0 Å². The van der Waals surface area contributed by atoms with Crippen LogP contribution in [-0.2, 0) is 19.4 Å². The van der Waals surface area contributed by atoms with Crippen molar-refractivity contribution in [2.24, 2.45) is 0 Å². The number of methoxy groups -OCH3 is 1. The van der Waals surface area contributed by atoms with Crippen molar-refractivity contribution in [1.82, 2.24) is 5.32 Å². The van der Waals surface area contributed by atoms with Crippen LogP contribution in [0, 0.1) is 0 Å². The zero-order valence-electron chi connectivity index (χ0n) is 16.6. The zero-order chi connectivity index (χ0) is 19.3.